The molecule has 1 heterocycles. The molecule has 0 fully saturated rings. The van der Waals surface area contributed by atoms with Crippen LogP contribution in [0.3, 0.4) is 0 Å². The van der Waals surface area contributed by atoms with Crippen molar-refractivity contribution in [2.45, 2.75) is 6.42 Å². The highest BCUT2D eigenvalue weighted by molar-refractivity contribution is 6.30. The quantitative estimate of drug-likeness (QED) is 0.889. The second-order valence-electron chi connectivity index (χ2n) is 3.26. The highest BCUT2D eigenvalue weighted by Gasteiger charge is 2.08. The lowest BCUT2D eigenvalue weighted by Crippen LogP contribution is -2.07. The van der Waals surface area contributed by atoms with E-state index in [0.717, 1.165) is 5.69 Å². The second kappa shape index (κ2) is 4.37. The third-order valence-corrected chi connectivity index (χ3v) is 2.35. The molecule has 5 heteroatoms. The van der Waals surface area contributed by atoms with Gasteiger partial charge in [0.25, 0.3) is 0 Å². The van der Waals surface area contributed by atoms with Crippen LogP contribution in [0, 0.1) is 0 Å². The van der Waals surface area contributed by atoms with Crippen molar-refractivity contribution in [2.24, 2.45) is 0 Å². The molecule has 2 rings (SSSR count). The summed E-state index contributed by atoms with van der Waals surface area (Å²) in [6, 6.07) is 7.18. The van der Waals surface area contributed by atoms with Crippen molar-refractivity contribution in [3.63, 3.8) is 0 Å². The topological polar surface area (TPSA) is 55.1 Å². The van der Waals surface area contributed by atoms with Gasteiger partial charge in [0, 0.05) is 23.1 Å². The van der Waals surface area contributed by atoms with Gasteiger partial charge >= 0.3 is 5.97 Å². The van der Waals surface area contributed by atoms with Crippen LogP contribution in [-0.4, -0.2) is 20.6 Å². The number of nitrogens with zero attached hydrogens (tertiary/aromatic N) is 2. The van der Waals surface area contributed by atoms with E-state index in [1.807, 2.05) is 12.1 Å². The molecule has 0 amide bonds. The minimum atomic E-state index is -0.908. The lowest BCUT2D eigenvalue weighted by molar-refractivity contribution is -0.136. The number of aromatic nitrogens is 2. The number of halogens is 1. The molecule has 0 atom stereocenters. The molecule has 1 aromatic heterocycles. The number of imidazole rings is 1. The van der Waals surface area contributed by atoms with Crippen LogP contribution in [0.2, 0.25) is 5.02 Å². The average molecular weight is 237 g/mol. The summed E-state index contributed by atoms with van der Waals surface area (Å²) in [6.45, 7) is 0. The first-order valence-electron chi connectivity index (χ1n) is 4.67. The van der Waals surface area contributed by atoms with Crippen LogP contribution in [-0.2, 0) is 11.2 Å². The zero-order valence-electron chi connectivity index (χ0n) is 8.30. The van der Waals surface area contributed by atoms with Crippen molar-refractivity contribution in [1.29, 1.82) is 0 Å². The van der Waals surface area contributed by atoms with E-state index in [1.54, 1.807) is 29.1 Å². The Labute approximate surface area is 97.1 Å². The Balaban J connectivity index is 2.40. The van der Waals surface area contributed by atoms with Gasteiger partial charge in [0.1, 0.15) is 12.2 Å². The number of carboxylic acids is 1. The molecule has 0 radical (unpaired) electrons. The van der Waals surface area contributed by atoms with Gasteiger partial charge < -0.3 is 9.67 Å². The monoisotopic (exact) mass is 236 g/mol. The molecule has 0 aliphatic rings. The van der Waals surface area contributed by atoms with Gasteiger partial charge in [0.15, 0.2) is 0 Å². The molecule has 0 bridgehead atoms. The highest BCUT2D eigenvalue weighted by Crippen LogP contribution is 2.16. The summed E-state index contributed by atoms with van der Waals surface area (Å²) in [7, 11) is 0. The fraction of sp³-hybridized carbons (Fsp3) is 0.0909. The lowest BCUT2D eigenvalue weighted by Gasteiger charge is -2.06. The maximum Gasteiger partial charge on any atom is 0.311 e. The second-order valence-corrected chi connectivity index (χ2v) is 3.70. The molecule has 82 valence electrons. The first kappa shape index (κ1) is 10.7. The first-order chi connectivity index (χ1) is 7.66. The fourth-order valence-electron chi connectivity index (χ4n) is 1.46. The maximum absolute atomic E-state index is 10.6. The molecular weight excluding hydrogens is 228 g/mol. The predicted molar refractivity (Wildman–Crippen MR) is 59.9 cm³/mol. The fourth-order valence-corrected chi connectivity index (χ4v) is 1.65. The molecular formula is C11H9ClN2O2. The molecule has 2 aromatic rings. The smallest absolute Gasteiger partial charge is 0.311 e. The normalized spacial score (nSPS) is 10.3. The van der Waals surface area contributed by atoms with E-state index in [4.69, 9.17) is 16.7 Å². The van der Waals surface area contributed by atoms with Gasteiger partial charge in [-0.15, -0.1) is 0 Å². The van der Waals surface area contributed by atoms with Crippen LogP contribution < -0.4 is 0 Å². The van der Waals surface area contributed by atoms with Gasteiger partial charge in [-0.05, 0) is 18.2 Å². The van der Waals surface area contributed by atoms with Gasteiger partial charge in [-0.1, -0.05) is 17.7 Å². The Kier molecular flexibility index (Phi) is 2.92. The number of hydrogen-bond donors (Lipinski definition) is 1. The maximum atomic E-state index is 10.6. The van der Waals surface area contributed by atoms with E-state index >= 15 is 0 Å². The molecule has 0 saturated carbocycles. The Morgan fingerprint density at radius 1 is 1.50 bits per heavy atom. The van der Waals surface area contributed by atoms with E-state index in [-0.39, 0.29) is 6.42 Å². The first-order valence-corrected chi connectivity index (χ1v) is 5.04. The molecule has 0 aliphatic heterocycles. The molecule has 0 unspecified atom stereocenters. The number of benzene rings is 1. The zero-order chi connectivity index (χ0) is 11.5. The average Bonchev–Trinajstić information content (AvgIpc) is 2.65. The summed E-state index contributed by atoms with van der Waals surface area (Å²) in [5.74, 6) is -0.427. The van der Waals surface area contributed by atoms with Crippen LogP contribution in [0.5, 0.6) is 0 Å². The van der Waals surface area contributed by atoms with Crippen LogP contribution in [0.1, 0.15) is 5.82 Å². The third kappa shape index (κ3) is 2.23. The molecule has 0 saturated heterocycles. The van der Waals surface area contributed by atoms with Crippen LogP contribution in [0.25, 0.3) is 5.69 Å². The molecule has 1 N–H and O–H groups in total. The molecule has 0 spiro atoms. The number of carbonyl (C=O) groups is 1. The van der Waals surface area contributed by atoms with Crippen molar-refractivity contribution in [2.75, 3.05) is 0 Å². The van der Waals surface area contributed by atoms with E-state index in [2.05, 4.69) is 4.98 Å². The van der Waals surface area contributed by atoms with Gasteiger partial charge in [0.05, 0.1) is 0 Å². The van der Waals surface area contributed by atoms with Crippen molar-refractivity contribution < 1.29 is 9.90 Å². The standard InChI is InChI=1S/C11H9ClN2O2/c12-8-2-1-3-9(6-8)14-5-4-13-10(14)7-11(15)16/h1-6H,7H2,(H,15,16). The molecule has 1 aromatic carbocycles. The molecule has 16 heavy (non-hydrogen) atoms. The highest BCUT2D eigenvalue weighted by atomic mass is 35.5. The Morgan fingerprint density at radius 2 is 2.31 bits per heavy atom. The molecule has 4 nitrogen and oxygen atoms in total. The predicted octanol–water partition coefficient (Wildman–Crippen LogP) is 2.15. The van der Waals surface area contributed by atoms with Gasteiger partial charge in [-0.2, -0.15) is 0 Å². The summed E-state index contributed by atoms with van der Waals surface area (Å²) < 4.78 is 1.71. The van der Waals surface area contributed by atoms with Crippen LogP contribution in [0.4, 0.5) is 0 Å². The van der Waals surface area contributed by atoms with E-state index in [0.29, 0.717) is 10.8 Å². The Bertz CT molecular complexity index is 522. The lowest BCUT2D eigenvalue weighted by atomic mass is 10.3. The largest absolute Gasteiger partial charge is 0.481 e. The van der Waals surface area contributed by atoms with Crippen molar-refractivity contribution in [3.05, 3.63) is 47.5 Å². The summed E-state index contributed by atoms with van der Waals surface area (Å²) in [6.07, 6.45) is 3.17. The summed E-state index contributed by atoms with van der Waals surface area (Å²) >= 11 is 5.87. The number of aliphatic carboxylic acids is 1. The SMILES string of the molecule is O=C(O)Cc1nccn1-c1cccc(Cl)c1. The van der Waals surface area contributed by atoms with Gasteiger partial charge in [-0.3, -0.25) is 4.79 Å². The summed E-state index contributed by atoms with van der Waals surface area (Å²) in [4.78, 5) is 14.6. The Hall–Kier alpha value is -1.81. The van der Waals surface area contributed by atoms with Crippen LogP contribution in [0.15, 0.2) is 36.7 Å². The van der Waals surface area contributed by atoms with Gasteiger partial charge in [0.2, 0.25) is 0 Å². The number of hydrogen-bond acceptors (Lipinski definition) is 2. The molecule has 0 aliphatic carbocycles. The van der Waals surface area contributed by atoms with Crippen LogP contribution >= 0.6 is 11.6 Å². The van der Waals surface area contributed by atoms with Crippen molar-refractivity contribution in [1.82, 2.24) is 9.55 Å². The van der Waals surface area contributed by atoms with E-state index in [1.165, 1.54) is 0 Å². The minimum absolute atomic E-state index is 0.112. The number of carboxylic acid groups (broad SMARTS) is 1. The number of rotatable bonds is 3. The van der Waals surface area contributed by atoms with Crippen molar-refractivity contribution in [3.8, 4) is 5.69 Å². The van der Waals surface area contributed by atoms with Gasteiger partial charge in [-0.25, -0.2) is 4.98 Å². The minimum Gasteiger partial charge on any atom is -0.481 e. The summed E-state index contributed by atoms with van der Waals surface area (Å²) in [5, 5.41) is 9.34. The van der Waals surface area contributed by atoms with E-state index in [9.17, 15) is 4.79 Å². The third-order valence-electron chi connectivity index (χ3n) is 2.11. The Morgan fingerprint density at radius 3 is 3.00 bits per heavy atom. The van der Waals surface area contributed by atoms with Crippen molar-refractivity contribution >= 4 is 17.6 Å². The zero-order valence-corrected chi connectivity index (χ0v) is 9.05. The summed E-state index contributed by atoms with van der Waals surface area (Å²) in [5.41, 5.74) is 0.807. The van der Waals surface area contributed by atoms with E-state index < -0.39 is 5.97 Å².